The minimum absolute atomic E-state index is 1.05. The zero-order valence-electron chi connectivity index (χ0n) is 13.4. The van der Waals surface area contributed by atoms with Crippen LogP contribution in [-0.4, -0.2) is 0 Å². The van der Waals surface area contributed by atoms with Crippen LogP contribution in [0.1, 0.15) is 18.1 Å². The van der Waals surface area contributed by atoms with E-state index in [0.717, 1.165) is 29.0 Å². The Morgan fingerprint density at radius 3 is 2.09 bits per heavy atom. The smallest absolute Gasteiger partial charge is 0.0467 e. The van der Waals surface area contributed by atoms with Crippen molar-refractivity contribution in [2.24, 2.45) is 0 Å². The molecule has 0 unspecified atom stereocenters. The standard InChI is InChI=1S/C22H21N/c1-3-18-13-15-21(16-14-18)23(20-10-6-5-7-11-20)22-12-8-9-19(4-2)17-22/h4-17H,2-3H2,1H3. The SMILES string of the molecule is C=Cc1cccc(N(c2ccccc2)c2ccc(CC)cc2)c1. The zero-order valence-corrected chi connectivity index (χ0v) is 13.4. The third kappa shape index (κ3) is 3.35. The lowest BCUT2D eigenvalue weighted by Crippen LogP contribution is -2.09. The molecule has 3 rings (SSSR count). The molecule has 0 amide bonds. The van der Waals surface area contributed by atoms with Gasteiger partial charge in [0, 0.05) is 17.1 Å². The van der Waals surface area contributed by atoms with E-state index in [0.29, 0.717) is 0 Å². The number of hydrogen-bond acceptors (Lipinski definition) is 1. The van der Waals surface area contributed by atoms with Gasteiger partial charge in [0.1, 0.15) is 0 Å². The Balaban J connectivity index is 2.11. The summed E-state index contributed by atoms with van der Waals surface area (Å²) in [5.41, 5.74) is 5.92. The lowest BCUT2D eigenvalue weighted by Gasteiger charge is -2.26. The monoisotopic (exact) mass is 299 g/mol. The van der Waals surface area contributed by atoms with Crippen molar-refractivity contribution in [1.29, 1.82) is 0 Å². The highest BCUT2D eigenvalue weighted by Gasteiger charge is 2.11. The number of para-hydroxylation sites is 1. The molecule has 114 valence electrons. The summed E-state index contributed by atoms with van der Waals surface area (Å²) in [7, 11) is 0. The van der Waals surface area contributed by atoms with Crippen molar-refractivity contribution in [3.05, 3.63) is 96.6 Å². The molecule has 0 heterocycles. The van der Waals surface area contributed by atoms with E-state index in [4.69, 9.17) is 0 Å². The van der Waals surface area contributed by atoms with Gasteiger partial charge in [-0.2, -0.15) is 0 Å². The van der Waals surface area contributed by atoms with Crippen LogP contribution in [0.2, 0.25) is 0 Å². The van der Waals surface area contributed by atoms with Crippen LogP contribution in [0.15, 0.2) is 85.4 Å². The molecule has 0 bridgehead atoms. The summed E-state index contributed by atoms with van der Waals surface area (Å²) in [5.74, 6) is 0. The van der Waals surface area contributed by atoms with E-state index in [1.165, 1.54) is 5.56 Å². The Morgan fingerprint density at radius 2 is 1.43 bits per heavy atom. The fourth-order valence-electron chi connectivity index (χ4n) is 2.70. The molecule has 0 radical (unpaired) electrons. The Labute approximate surface area is 138 Å². The van der Waals surface area contributed by atoms with Crippen molar-refractivity contribution in [1.82, 2.24) is 0 Å². The molecule has 1 heteroatoms. The average Bonchev–Trinajstić information content (AvgIpc) is 2.64. The first-order valence-corrected chi connectivity index (χ1v) is 7.98. The van der Waals surface area contributed by atoms with Gasteiger partial charge in [0.15, 0.2) is 0 Å². The van der Waals surface area contributed by atoms with Gasteiger partial charge >= 0.3 is 0 Å². The van der Waals surface area contributed by atoms with Crippen LogP contribution in [0.3, 0.4) is 0 Å². The van der Waals surface area contributed by atoms with Gasteiger partial charge in [-0.05, 0) is 53.9 Å². The van der Waals surface area contributed by atoms with E-state index in [9.17, 15) is 0 Å². The van der Waals surface area contributed by atoms with E-state index in [-0.39, 0.29) is 0 Å². The average molecular weight is 299 g/mol. The maximum atomic E-state index is 3.88. The molecule has 23 heavy (non-hydrogen) atoms. The molecule has 3 aromatic carbocycles. The predicted octanol–water partition coefficient (Wildman–Crippen LogP) is 6.36. The Morgan fingerprint density at radius 1 is 0.783 bits per heavy atom. The summed E-state index contributed by atoms with van der Waals surface area (Å²) in [6.45, 7) is 6.06. The van der Waals surface area contributed by atoms with E-state index in [2.05, 4.69) is 91.2 Å². The fourth-order valence-corrected chi connectivity index (χ4v) is 2.70. The second-order valence-corrected chi connectivity index (χ2v) is 5.49. The number of rotatable bonds is 5. The van der Waals surface area contributed by atoms with Gasteiger partial charge in [0.2, 0.25) is 0 Å². The summed E-state index contributed by atoms with van der Waals surface area (Å²) < 4.78 is 0. The lowest BCUT2D eigenvalue weighted by atomic mass is 10.1. The normalized spacial score (nSPS) is 10.3. The molecule has 0 fully saturated rings. The molecular formula is C22H21N. The van der Waals surface area contributed by atoms with E-state index in [1.54, 1.807) is 0 Å². The molecule has 1 nitrogen and oxygen atoms in total. The second-order valence-electron chi connectivity index (χ2n) is 5.49. The molecule has 0 aliphatic heterocycles. The van der Waals surface area contributed by atoms with Crippen molar-refractivity contribution in [2.45, 2.75) is 13.3 Å². The molecule has 3 aromatic rings. The first-order valence-electron chi connectivity index (χ1n) is 7.98. The molecule has 0 aliphatic carbocycles. The van der Waals surface area contributed by atoms with Gasteiger partial charge < -0.3 is 4.90 Å². The summed E-state index contributed by atoms with van der Waals surface area (Å²) in [6, 6.07) is 27.7. The second kappa shape index (κ2) is 6.97. The molecule has 0 spiro atoms. The number of aryl methyl sites for hydroxylation is 1. The van der Waals surface area contributed by atoms with E-state index >= 15 is 0 Å². The molecule has 0 aliphatic rings. The maximum absolute atomic E-state index is 3.88. The maximum Gasteiger partial charge on any atom is 0.0467 e. The fraction of sp³-hybridized carbons (Fsp3) is 0.0909. The number of nitrogens with zero attached hydrogens (tertiary/aromatic N) is 1. The molecule has 0 aromatic heterocycles. The minimum atomic E-state index is 1.05. The zero-order chi connectivity index (χ0) is 16.1. The number of benzene rings is 3. The summed E-state index contributed by atoms with van der Waals surface area (Å²) in [5, 5.41) is 0. The van der Waals surface area contributed by atoms with Crippen molar-refractivity contribution >= 4 is 23.1 Å². The van der Waals surface area contributed by atoms with E-state index in [1.807, 2.05) is 12.1 Å². The number of anilines is 3. The van der Waals surface area contributed by atoms with Crippen LogP contribution in [0.25, 0.3) is 6.08 Å². The van der Waals surface area contributed by atoms with Gasteiger partial charge in [-0.3, -0.25) is 0 Å². The third-order valence-electron chi connectivity index (χ3n) is 3.98. The quantitative estimate of drug-likeness (QED) is 0.529. The van der Waals surface area contributed by atoms with Crippen LogP contribution in [0.4, 0.5) is 17.1 Å². The third-order valence-corrected chi connectivity index (χ3v) is 3.98. The van der Waals surface area contributed by atoms with Crippen molar-refractivity contribution < 1.29 is 0 Å². The van der Waals surface area contributed by atoms with E-state index < -0.39 is 0 Å². The van der Waals surface area contributed by atoms with Crippen molar-refractivity contribution in [3.8, 4) is 0 Å². The number of hydrogen-bond donors (Lipinski definition) is 0. The molecule has 0 N–H and O–H groups in total. The summed E-state index contributed by atoms with van der Waals surface area (Å²) >= 11 is 0. The van der Waals surface area contributed by atoms with Crippen molar-refractivity contribution in [3.63, 3.8) is 0 Å². The van der Waals surface area contributed by atoms with Crippen LogP contribution in [0.5, 0.6) is 0 Å². The van der Waals surface area contributed by atoms with Gasteiger partial charge in [0.25, 0.3) is 0 Å². The molecule has 0 saturated heterocycles. The highest BCUT2D eigenvalue weighted by atomic mass is 15.1. The van der Waals surface area contributed by atoms with Crippen LogP contribution >= 0.6 is 0 Å². The van der Waals surface area contributed by atoms with Crippen LogP contribution in [0, 0.1) is 0 Å². The molecule has 0 atom stereocenters. The van der Waals surface area contributed by atoms with Gasteiger partial charge in [-0.1, -0.05) is 62.0 Å². The Kier molecular flexibility index (Phi) is 4.58. The summed E-state index contributed by atoms with van der Waals surface area (Å²) in [4.78, 5) is 2.27. The molecular weight excluding hydrogens is 278 g/mol. The lowest BCUT2D eigenvalue weighted by molar-refractivity contribution is 1.14. The summed E-state index contributed by atoms with van der Waals surface area (Å²) in [6.07, 6.45) is 2.93. The highest BCUT2D eigenvalue weighted by molar-refractivity contribution is 5.77. The van der Waals surface area contributed by atoms with Gasteiger partial charge in [0.05, 0.1) is 0 Å². The first-order chi connectivity index (χ1) is 11.3. The first kappa shape index (κ1) is 15.1. The minimum Gasteiger partial charge on any atom is -0.310 e. The largest absolute Gasteiger partial charge is 0.310 e. The van der Waals surface area contributed by atoms with Crippen LogP contribution in [-0.2, 0) is 6.42 Å². The van der Waals surface area contributed by atoms with Gasteiger partial charge in [-0.15, -0.1) is 0 Å². The topological polar surface area (TPSA) is 3.24 Å². The van der Waals surface area contributed by atoms with Gasteiger partial charge in [-0.25, -0.2) is 0 Å². The molecule has 0 saturated carbocycles. The Hall–Kier alpha value is -2.80. The van der Waals surface area contributed by atoms with Crippen molar-refractivity contribution in [2.75, 3.05) is 4.90 Å². The Bertz CT molecular complexity index is 773. The predicted molar refractivity (Wildman–Crippen MR) is 101 cm³/mol. The highest BCUT2D eigenvalue weighted by Crippen LogP contribution is 2.34. The van der Waals surface area contributed by atoms with Crippen LogP contribution < -0.4 is 4.90 Å².